The van der Waals surface area contributed by atoms with E-state index in [1.54, 1.807) is 0 Å². The molecule has 0 saturated carbocycles. The number of benzene rings is 1. The molecule has 132 valence electrons. The fourth-order valence-corrected chi connectivity index (χ4v) is 3.74. The Bertz CT molecular complexity index is 1160. The first-order valence-corrected chi connectivity index (χ1v) is 8.79. The number of nitrogens with zero attached hydrogens (tertiary/aromatic N) is 3. The van der Waals surface area contributed by atoms with Crippen molar-refractivity contribution >= 4 is 22.4 Å². The van der Waals surface area contributed by atoms with Crippen LogP contribution in [0.5, 0.6) is 0 Å². The van der Waals surface area contributed by atoms with Crippen molar-refractivity contribution in [1.82, 2.24) is 19.3 Å². The van der Waals surface area contributed by atoms with Crippen molar-refractivity contribution in [1.29, 1.82) is 0 Å². The smallest absolute Gasteiger partial charge is 0.408 e. The highest BCUT2D eigenvalue weighted by Crippen LogP contribution is 2.29. The molecule has 26 heavy (non-hydrogen) atoms. The van der Waals surface area contributed by atoms with Gasteiger partial charge in [-0.15, -0.1) is 0 Å². The average Bonchev–Trinajstić information content (AvgIpc) is 3.33. The van der Waals surface area contributed by atoms with Crippen molar-refractivity contribution in [3.05, 3.63) is 52.8 Å². The molecule has 1 aliphatic heterocycles. The number of pyridine rings is 1. The van der Waals surface area contributed by atoms with Crippen molar-refractivity contribution in [2.45, 2.75) is 19.4 Å². The molecule has 1 saturated heterocycles. The molecule has 0 amide bonds. The van der Waals surface area contributed by atoms with Gasteiger partial charge in [0.15, 0.2) is 5.58 Å². The Morgan fingerprint density at radius 1 is 1.19 bits per heavy atom. The van der Waals surface area contributed by atoms with E-state index in [9.17, 15) is 4.79 Å². The van der Waals surface area contributed by atoms with E-state index in [1.165, 1.54) is 12.8 Å². The number of oxazole rings is 1. The van der Waals surface area contributed by atoms with E-state index in [1.807, 2.05) is 36.5 Å². The zero-order valence-corrected chi connectivity index (χ0v) is 14.2. The lowest BCUT2D eigenvalue weighted by atomic mass is 10.1. The van der Waals surface area contributed by atoms with Crippen LogP contribution in [0.25, 0.3) is 28.0 Å². The number of nitrogen functional groups attached to an aromatic ring is 1. The van der Waals surface area contributed by atoms with Gasteiger partial charge in [0.1, 0.15) is 5.65 Å². The molecule has 0 spiro atoms. The molecule has 0 radical (unpaired) electrons. The third kappa shape index (κ3) is 2.48. The molecule has 0 atom stereocenters. The number of imidazole rings is 1. The molecule has 3 aromatic heterocycles. The SMILES string of the molecule is Nc1ccc2nc(-c3ccc4[nH]c(=O)oc4c3)c(CN3CCCC3)n2c1. The van der Waals surface area contributed by atoms with Gasteiger partial charge in [-0.1, -0.05) is 6.07 Å². The Hall–Kier alpha value is -3.06. The highest BCUT2D eigenvalue weighted by atomic mass is 16.4. The highest BCUT2D eigenvalue weighted by molar-refractivity contribution is 5.80. The number of H-pyrrole nitrogens is 1. The van der Waals surface area contributed by atoms with Crippen LogP contribution in [0.4, 0.5) is 5.69 Å². The van der Waals surface area contributed by atoms with Gasteiger partial charge in [-0.3, -0.25) is 9.88 Å². The molecule has 1 aliphatic rings. The number of nitrogens with one attached hydrogen (secondary N) is 1. The van der Waals surface area contributed by atoms with E-state index in [-0.39, 0.29) is 0 Å². The lowest BCUT2D eigenvalue weighted by Gasteiger charge is -2.15. The lowest BCUT2D eigenvalue weighted by Crippen LogP contribution is -2.20. The molecule has 3 N–H and O–H groups in total. The summed E-state index contributed by atoms with van der Waals surface area (Å²) in [5.74, 6) is -0.447. The number of anilines is 1. The average molecular weight is 349 g/mol. The van der Waals surface area contributed by atoms with Crippen LogP contribution in [-0.2, 0) is 6.54 Å². The fraction of sp³-hybridized carbons (Fsp3) is 0.263. The number of nitrogens with two attached hydrogens (primary N) is 1. The van der Waals surface area contributed by atoms with E-state index in [2.05, 4.69) is 14.3 Å². The monoisotopic (exact) mass is 349 g/mol. The molecule has 1 aromatic carbocycles. The minimum Gasteiger partial charge on any atom is -0.408 e. The maximum Gasteiger partial charge on any atom is 0.417 e. The summed E-state index contributed by atoms with van der Waals surface area (Å²) in [5, 5.41) is 0. The van der Waals surface area contributed by atoms with Crippen molar-refractivity contribution in [2.75, 3.05) is 18.8 Å². The van der Waals surface area contributed by atoms with Crippen molar-refractivity contribution in [2.24, 2.45) is 0 Å². The predicted octanol–water partition coefficient (Wildman–Crippen LogP) is 2.61. The number of fused-ring (bicyclic) bond motifs is 2. The number of hydrogen-bond acceptors (Lipinski definition) is 5. The van der Waals surface area contributed by atoms with Gasteiger partial charge in [0, 0.05) is 24.0 Å². The lowest BCUT2D eigenvalue weighted by molar-refractivity contribution is 0.327. The quantitative estimate of drug-likeness (QED) is 0.593. The van der Waals surface area contributed by atoms with Crippen LogP contribution in [0.15, 0.2) is 45.7 Å². The highest BCUT2D eigenvalue weighted by Gasteiger charge is 2.20. The number of aromatic amines is 1. The van der Waals surface area contributed by atoms with E-state index in [0.29, 0.717) is 16.8 Å². The molecule has 4 heterocycles. The van der Waals surface area contributed by atoms with Crippen molar-refractivity contribution in [3.63, 3.8) is 0 Å². The summed E-state index contributed by atoms with van der Waals surface area (Å²) in [7, 11) is 0. The summed E-state index contributed by atoms with van der Waals surface area (Å²) in [6, 6.07) is 9.48. The fourth-order valence-electron chi connectivity index (χ4n) is 3.74. The summed E-state index contributed by atoms with van der Waals surface area (Å²) >= 11 is 0. The Kier molecular flexibility index (Phi) is 3.36. The first kappa shape index (κ1) is 15.2. The molecular formula is C19H19N5O2. The summed E-state index contributed by atoms with van der Waals surface area (Å²) < 4.78 is 7.29. The summed E-state index contributed by atoms with van der Waals surface area (Å²) in [6.45, 7) is 3.01. The van der Waals surface area contributed by atoms with Crippen LogP contribution in [-0.4, -0.2) is 32.4 Å². The summed E-state index contributed by atoms with van der Waals surface area (Å²) in [6.07, 6.45) is 4.38. The van der Waals surface area contributed by atoms with E-state index < -0.39 is 5.76 Å². The topological polar surface area (TPSA) is 92.6 Å². The molecule has 5 rings (SSSR count). The first-order chi connectivity index (χ1) is 12.7. The maximum atomic E-state index is 11.4. The van der Waals surface area contributed by atoms with Crippen LogP contribution in [0.3, 0.4) is 0 Å². The van der Waals surface area contributed by atoms with Gasteiger partial charge in [0.05, 0.1) is 16.9 Å². The second kappa shape index (κ2) is 5.74. The number of rotatable bonds is 3. The summed E-state index contributed by atoms with van der Waals surface area (Å²) in [4.78, 5) is 21.4. The van der Waals surface area contributed by atoms with Crippen LogP contribution in [0.2, 0.25) is 0 Å². The molecule has 1 fully saturated rings. The van der Waals surface area contributed by atoms with Crippen molar-refractivity contribution in [3.8, 4) is 11.3 Å². The van der Waals surface area contributed by atoms with Crippen LogP contribution < -0.4 is 11.5 Å². The molecule has 7 nitrogen and oxygen atoms in total. The van der Waals surface area contributed by atoms with Gasteiger partial charge in [0.25, 0.3) is 0 Å². The van der Waals surface area contributed by atoms with Crippen molar-refractivity contribution < 1.29 is 4.42 Å². The van der Waals surface area contributed by atoms with Gasteiger partial charge in [0.2, 0.25) is 0 Å². The molecule has 4 aromatic rings. The standard InChI is InChI=1S/C19H19N5O2/c20-13-4-6-17-22-18(12-3-5-14-16(9-12)26-19(25)21-14)15(24(17)10-13)11-23-7-1-2-8-23/h3-6,9-10H,1-2,7-8,11,20H2,(H,21,25). The minimum absolute atomic E-state index is 0.447. The van der Waals surface area contributed by atoms with Gasteiger partial charge < -0.3 is 14.6 Å². The largest absolute Gasteiger partial charge is 0.417 e. The normalized spacial score (nSPS) is 15.4. The number of likely N-dealkylation sites (tertiary alicyclic amines) is 1. The molecular weight excluding hydrogens is 330 g/mol. The Labute approximate surface area is 149 Å². The minimum atomic E-state index is -0.447. The van der Waals surface area contributed by atoms with Gasteiger partial charge in [-0.2, -0.15) is 0 Å². The van der Waals surface area contributed by atoms with E-state index in [4.69, 9.17) is 15.1 Å². The Balaban J connectivity index is 1.70. The van der Waals surface area contributed by atoms with Gasteiger partial charge in [-0.05, 0) is 50.2 Å². The second-order valence-electron chi connectivity index (χ2n) is 6.81. The van der Waals surface area contributed by atoms with E-state index >= 15 is 0 Å². The Morgan fingerprint density at radius 3 is 2.88 bits per heavy atom. The zero-order valence-electron chi connectivity index (χ0n) is 14.2. The van der Waals surface area contributed by atoms with E-state index in [0.717, 1.165) is 42.2 Å². The Morgan fingerprint density at radius 2 is 2.04 bits per heavy atom. The number of aromatic nitrogens is 3. The van der Waals surface area contributed by atoms with Crippen LogP contribution in [0, 0.1) is 0 Å². The summed E-state index contributed by atoms with van der Waals surface area (Å²) in [5.41, 5.74) is 11.7. The van der Waals surface area contributed by atoms with Crippen LogP contribution in [0.1, 0.15) is 18.5 Å². The third-order valence-electron chi connectivity index (χ3n) is 5.01. The zero-order chi connectivity index (χ0) is 17.7. The third-order valence-corrected chi connectivity index (χ3v) is 5.01. The van der Waals surface area contributed by atoms with Gasteiger partial charge in [-0.25, -0.2) is 9.78 Å². The molecule has 0 aliphatic carbocycles. The van der Waals surface area contributed by atoms with Crippen LogP contribution >= 0.6 is 0 Å². The second-order valence-corrected chi connectivity index (χ2v) is 6.81. The van der Waals surface area contributed by atoms with Gasteiger partial charge >= 0.3 is 5.76 Å². The molecule has 7 heteroatoms. The maximum absolute atomic E-state index is 11.4. The first-order valence-electron chi connectivity index (χ1n) is 8.79. The number of hydrogen-bond donors (Lipinski definition) is 2. The molecule has 0 bridgehead atoms. The molecule has 0 unspecified atom stereocenters. The predicted molar refractivity (Wildman–Crippen MR) is 99.9 cm³/mol.